The number of rotatable bonds is 4. The minimum atomic E-state index is -0.0843. The Morgan fingerprint density at radius 3 is 2.28 bits per heavy atom. The van der Waals surface area contributed by atoms with Crippen LogP contribution >= 0.6 is 0 Å². The fourth-order valence-corrected chi connectivity index (χ4v) is 3.55. The van der Waals surface area contributed by atoms with Crippen LogP contribution in [0.1, 0.15) is 11.1 Å². The summed E-state index contributed by atoms with van der Waals surface area (Å²) in [5.41, 5.74) is 3.23. The van der Waals surface area contributed by atoms with Gasteiger partial charge >= 0.3 is 0 Å². The van der Waals surface area contributed by atoms with Crippen LogP contribution < -0.4 is 19.1 Å². The van der Waals surface area contributed by atoms with Crippen LogP contribution in [0.2, 0.25) is 0 Å². The summed E-state index contributed by atoms with van der Waals surface area (Å²) in [5, 5.41) is 2.14. The molecule has 0 fully saturated rings. The van der Waals surface area contributed by atoms with Gasteiger partial charge in [0.05, 0.1) is 32.7 Å². The molecule has 0 N–H and O–H groups in total. The summed E-state index contributed by atoms with van der Waals surface area (Å²) < 4.78 is 16.2. The number of hydrogen-bond acceptors (Lipinski definition) is 5. The summed E-state index contributed by atoms with van der Waals surface area (Å²) in [6.45, 7) is 0.0752. The van der Waals surface area contributed by atoms with Crippen molar-refractivity contribution in [3.8, 4) is 17.2 Å². The zero-order chi connectivity index (χ0) is 20.5. The van der Waals surface area contributed by atoms with Crippen molar-refractivity contribution in [3.63, 3.8) is 0 Å². The van der Waals surface area contributed by atoms with Crippen molar-refractivity contribution >= 4 is 28.1 Å². The summed E-state index contributed by atoms with van der Waals surface area (Å²) in [6.07, 6.45) is 0. The normalized spacial score (nSPS) is 13.6. The molecule has 1 aliphatic heterocycles. The topological polar surface area (TPSA) is 60.4 Å². The first-order valence-electron chi connectivity index (χ1n) is 9.21. The Balaban J connectivity index is 1.91. The maximum absolute atomic E-state index is 12.5. The van der Waals surface area contributed by atoms with E-state index in [9.17, 15) is 4.79 Å². The second kappa shape index (κ2) is 7.47. The highest BCUT2D eigenvalue weighted by Gasteiger charge is 2.25. The summed E-state index contributed by atoms with van der Waals surface area (Å²) in [4.78, 5) is 18.8. The summed E-state index contributed by atoms with van der Waals surface area (Å²) in [5.74, 6) is 1.88. The Morgan fingerprint density at radius 1 is 0.862 bits per heavy atom. The van der Waals surface area contributed by atoms with Gasteiger partial charge < -0.3 is 19.1 Å². The fraction of sp³-hybridized carbons (Fsp3) is 0.217. The fourth-order valence-electron chi connectivity index (χ4n) is 3.55. The molecule has 0 unspecified atom stereocenters. The van der Waals surface area contributed by atoms with Crippen LogP contribution in [-0.2, 0) is 4.79 Å². The van der Waals surface area contributed by atoms with E-state index in [0.717, 1.165) is 39.0 Å². The van der Waals surface area contributed by atoms with E-state index in [4.69, 9.17) is 14.2 Å². The first-order chi connectivity index (χ1) is 14.0. The molecule has 1 amide bonds. The zero-order valence-corrected chi connectivity index (χ0v) is 16.9. The monoisotopic (exact) mass is 390 g/mol. The average Bonchev–Trinajstić information content (AvgIpc) is 2.88. The number of hydrogen-bond donors (Lipinski definition) is 0. The third kappa shape index (κ3) is 3.27. The number of benzodiazepines with no additional fused rings is 1. The van der Waals surface area contributed by atoms with Crippen molar-refractivity contribution in [2.75, 3.05) is 39.8 Å². The minimum Gasteiger partial charge on any atom is -0.497 e. The molecule has 1 aliphatic rings. The number of carbonyl (C=O) groups is 1. The van der Waals surface area contributed by atoms with Gasteiger partial charge in [0.1, 0.15) is 12.3 Å². The molecule has 4 rings (SSSR count). The van der Waals surface area contributed by atoms with E-state index in [1.807, 2.05) is 42.5 Å². The number of methoxy groups -OCH3 is 3. The van der Waals surface area contributed by atoms with Gasteiger partial charge in [0.15, 0.2) is 11.5 Å². The lowest BCUT2D eigenvalue weighted by Crippen LogP contribution is -2.27. The predicted octanol–water partition coefficient (Wildman–Crippen LogP) is 3.68. The van der Waals surface area contributed by atoms with Crippen molar-refractivity contribution < 1.29 is 19.0 Å². The van der Waals surface area contributed by atoms with Crippen LogP contribution in [0, 0.1) is 0 Å². The largest absolute Gasteiger partial charge is 0.497 e. The second-order valence-corrected chi connectivity index (χ2v) is 6.77. The number of ether oxygens (including phenoxy) is 3. The lowest BCUT2D eigenvalue weighted by atomic mass is 9.97. The van der Waals surface area contributed by atoms with Gasteiger partial charge in [-0.2, -0.15) is 0 Å². The SMILES string of the molecule is COc1ccc2cc(C3=NCC(=O)N(C)c4cc(OC)c(OC)cc43)ccc2c1. The Bertz CT molecular complexity index is 1140. The molecule has 0 radical (unpaired) electrons. The highest BCUT2D eigenvalue weighted by atomic mass is 16.5. The zero-order valence-electron chi connectivity index (χ0n) is 16.9. The summed E-state index contributed by atoms with van der Waals surface area (Å²) in [6, 6.07) is 15.8. The first kappa shape index (κ1) is 18.8. The molecular formula is C23H22N2O4. The Labute approximate surface area is 169 Å². The standard InChI is InChI=1S/C23H22N2O4/c1-25-19-12-21(29-4)20(28-3)11-18(19)23(24-13-22(25)26)16-6-5-15-10-17(27-2)8-7-14(15)9-16/h5-12H,13H2,1-4H3. The molecule has 148 valence electrons. The van der Waals surface area contributed by atoms with Crippen molar-refractivity contribution in [1.29, 1.82) is 0 Å². The van der Waals surface area contributed by atoms with Gasteiger partial charge in [-0.25, -0.2) is 0 Å². The molecule has 29 heavy (non-hydrogen) atoms. The molecule has 0 aromatic heterocycles. The van der Waals surface area contributed by atoms with Crippen molar-refractivity contribution in [2.24, 2.45) is 4.99 Å². The van der Waals surface area contributed by atoms with Crippen LogP contribution in [0.5, 0.6) is 17.2 Å². The number of fused-ring (bicyclic) bond motifs is 2. The molecule has 0 spiro atoms. The van der Waals surface area contributed by atoms with Crippen LogP contribution in [0.3, 0.4) is 0 Å². The lowest BCUT2D eigenvalue weighted by Gasteiger charge is -2.20. The number of amides is 1. The summed E-state index contributed by atoms with van der Waals surface area (Å²) in [7, 11) is 6.57. The van der Waals surface area contributed by atoms with Crippen molar-refractivity contribution in [1.82, 2.24) is 0 Å². The molecule has 3 aromatic carbocycles. The quantitative estimate of drug-likeness (QED) is 0.682. The molecule has 6 heteroatoms. The predicted molar refractivity (Wildman–Crippen MR) is 114 cm³/mol. The number of likely N-dealkylation sites (N-methyl/N-ethyl adjacent to an activating group) is 1. The average molecular weight is 390 g/mol. The second-order valence-electron chi connectivity index (χ2n) is 6.77. The molecule has 0 atom stereocenters. The van der Waals surface area contributed by atoms with Gasteiger partial charge in [0.2, 0.25) is 5.91 Å². The van der Waals surface area contributed by atoms with Gasteiger partial charge in [-0.15, -0.1) is 0 Å². The van der Waals surface area contributed by atoms with Crippen LogP contribution in [0.4, 0.5) is 5.69 Å². The highest BCUT2D eigenvalue weighted by Crippen LogP contribution is 2.37. The van der Waals surface area contributed by atoms with Crippen molar-refractivity contribution in [3.05, 3.63) is 59.7 Å². The highest BCUT2D eigenvalue weighted by molar-refractivity contribution is 6.20. The molecule has 6 nitrogen and oxygen atoms in total. The van der Waals surface area contributed by atoms with E-state index in [2.05, 4.69) is 11.1 Å². The van der Waals surface area contributed by atoms with Gasteiger partial charge in [0, 0.05) is 24.2 Å². The Kier molecular flexibility index (Phi) is 4.84. The van der Waals surface area contributed by atoms with Crippen LogP contribution in [0.15, 0.2) is 53.5 Å². The van der Waals surface area contributed by atoms with E-state index < -0.39 is 0 Å². The maximum atomic E-state index is 12.5. The van der Waals surface area contributed by atoms with Crippen LogP contribution in [0.25, 0.3) is 10.8 Å². The van der Waals surface area contributed by atoms with Crippen molar-refractivity contribution in [2.45, 2.75) is 0 Å². The number of aliphatic imine (C=N–C) groups is 1. The molecular weight excluding hydrogens is 368 g/mol. The Hall–Kier alpha value is -3.54. The first-order valence-corrected chi connectivity index (χ1v) is 9.21. The molecule has 3 aromatic rings. The summed E-state index contributed by atoms with van der Waals surface area (Å²) >= 11 is 0. The van der Waals surface area contributed by atoms with E-state index >= 15 is 0 Å². The van der Waals surface area contributed by atoms with Gasteiger partial charge in [-0.05, 0) is 35.0 Å². The smallest absolute Gasteiger partial charge is 0.248 e. The Morgan fingerprint density at radius 2 is 1.55 bits per heavy atom. The molecule has 0 bridgehead atoms. The third-order valence-corrected chi connectivity index (χ3v) is 5.19. The van der Waals surface area contributed by atoms with E-state index in [0.29, 0.717) is 11.5 Å². The van der Waals surface area contributed by atoms with Gasteiger partial charge in [-0.1, -0.05) is 18.2 Å². The number of benzene rings is 3. The molecule has 0 aliphatic carbocycles. The minimum absolute atomic E-state index is 0.0752. The molecule has 0 saturated carbocycles. The number of anilines is 1. The van der Waals surface area contributed by atoms with E-state index in [1.165, 1.54) is 0 Å². The van der Waals surface area contributed by atoms with Gasteiger partial charge in [-0.3, -0.25) is 9.79 Å². The number of carbonyl (C=O) groups excluding carboxylic acids is 1. The van der Waals surface area contributed by atoms with Gasteiger partial charge in [0.25, 0.3) is 0 Å². The number of nitrogens with zero attached hydrogens (tertiary/aromatic N) is 2. The van der Waals surface area contributed by atoms with E-state index in [-0.39, 0.29) is 12.5 Å². The molecule has 0 saturated heterocycles. The van der Waals surface area contributed by atoms with Crippen LogP contribution in [-0.4, -0.2) is 46.5 Å². The third-order valence-electron chi connectivity index (χ3n) is 5.19. The van der Waals surface area contributed by atoms with E-state index in [1.54, 1.807) is 33.3 Å². The lowest BCUT2D eigenvalue weighted by molar-refractivity contribution is -0.116. The maximum Gasteiger partial charge on any atom is 0.248 e. The molecule has 1 heterocycles.